The molecule has 2 aromatic rings. The highest BCUT2D eigenvalue weighted by atomic mass is 32.2. The number of carbonyl (C=O) groups is 1. The average molecular weight is 401 g/mol. The molecule has 0 bridgehead atoms. The molecule has 0 aliphatic heterocycles. The first-order chi connectivity index (χ1) is 13.4. The van der Waals surface area contributed by atoms with Gasteiger partial charge in [0.15, 0.2) is 0 Å². The topological polar surface area (TPSA) is 57.5 Å². The lowest BCUT2D eigenvalue weighted by molar-refractivity contribution is -0.117. The zero-order valence-corrected chi connectivity index (χ0v) is 17.7. The molecule has 152 valence electrons. The number of Topliss-reactive ketones (excluding diaryl/α,β-unsaturated/α-hetero) is 1. The maximum atomic E-state index is 11.7. The minimum atomic E-state index is -0.681. The highest BCUT2D eigenvalue weighted by Crippen LogP contribution is 2.40. The Hall–Kier alpha value is -1.62. The third-order valence-corrected chi connectivity index (χ3v) is 6.57. The highest BCUT2D eigenvalue weighted by molar-refractivity contribution is 7.99. The van der Waals surface area contributed by atoms with Crippen molar-refractivity contribution in [1.82, 2.24) is 0 Å². The van der Waals surface area contributed by atoms with E-state index in [0.29, 0.717) is 18.1 Å². The molecule has 0 radical (unpaired) electrons. The molecule has 2 rings (SSSR count). The third-order valence-electron chi connectivity index (χ3n) is 5.31. The quantitative estimate of drug-likeness (QED) is 0.548. The molecule has 0 saturated heterocycles. The van der Waals surface area contributed by atoms with Gasteiger partial charge >= 0.3 is 0 Å². The molecule has 0 aliphatic carbocycles. The van der Waals surface area contributed by atoms with Crippen molar-refractivity contribution in [2.45, 2.75) is 50.5 Å². The maximum Gasteiger partial charge on any atom is 0.129 e. The molecule has 3 atom stereocenters. The SMILES string of the molecule is CC(=O)CCC(C)(CC(CSCC(O)CO)c1ccccc1)c1ccccc1. The number of hydrogen-bond acceptors (Lipinski definition) is 4. The van der Waals surface area contributed by atoms with Crippen LogP contribution >= 0.6 is 11.8 Å². The molecule has 2 N–H and O–H groups in total. The summed E-state index contributed by atoms with van der Waals surface area (Å²) in [5.41, 5.74) is 2.43. The Bertz CT molecular complexity index is 704. The summed E-state index contributed by atoms with van der Waals surface area (Å²) in [6.07, 6.45) is 1.64. The first-order valence-electron chi connectivity index (χ1n) is 9.91. The van der Waals surface area contributed by atoms with E-state index >= 15 is 0 Å². The Kier molecular flexibility index (Phi) is 9.23. The molecule has 4 heteroatoms. The number of thioether (sulfide) groups is 1. The van der Waals surface area contributed by atoms with Crippen LogP contribution in [-0.2, 0) is 10.2 Å². The van der Waals surface area contributed by atoms with Crippen LogP contribution in [0.1, 0.15) is 50.2 Å². The molecule has 0 heterocycles. The van der Waals surface area contributed by atoms with E-state index in [-0.39, 0.29) is 17.8 Å². The van der Waals surface area contributed by atoms with Crippen LogP contribution in [-0.4, -0.2) is 40.2 Å². The van der Waals surface area contributed by atoms with Gasteiger partial charge in [-0.05, 0) is 42.2 Å². The summed E-state index contributed by atoms with van der Waals surface area (Å²) in [6.45, 7) is 3.71. The Labute approximate surface area is 173 Å². The fourth-order valence-corrected chi connectivity index (χ4v) is 4.71. The van der Waals surface area contributed by atoms with E-state index in [1.165, 1.54) is 11.1 Å². The van der Waals surface area contributed by atoms with E-state index < -0.39 is 6.10 Å². The summed E-state index contributed by atoms with van der Waals surface area (Å²) in [5.74, 6) is 1.91. The van der Waals surface area contributed by atoms with Gasteiger partial charge in [-0.15, -0.1) is 0 Å². The van der Waals surface area contributed by atoms with Gasteiger partial charge in [0, 0.05) is 17.9 Å². The van der Waals surface area contributed by atoms with E-state index in [1.807, 2.05) is 12.1 Å². The smallest absolute Gasteiger partial charge is 0.129 e. The average Bonchev–Trinajstić information content (AvgIpc) is 2.72. The van der Waals surface area contributed by atoms with Crippen molar-refractivity contribution in [1.29, 1.82) is 0 Å². The molecule has 28 heavy (non-hydrogen) atoms. The fourth-order valence-electron chi connectivity index (χ4n) is 3.60. The van der Waals surface area contributed by atoms with Gasteiger partial charge in [-0.2, -0.15) is 11.8 Å². The molecule has 0 aromatic heterocycles. The zero-order chi connectivity index (χ0) is 20.4. The maximum absolute atomic E-state index is 11.7. The Morgan fingerprint density at radius 3 is 2.21 bits per heavy atom. The van der Waals surface area contributed by atoms with Gasteiger partial charge in [0.05, 0.1) is 12.7 Å². The lowest BCUT2D eigenvalue weighted by Crippen LogP contribution is -2.27. The van der Waals surface area contributed by atoms with Crippen molar-refractivity contribution in [3.63, 3.8) is 0 Å². The van der Waals surface area contributed by atoms with Crippen LogP contribution in [0, 0.1) is 0 Å². The van der Waals surface area contributed by atoms with Crippen LogP contribution in [0.2, 0.25) is 0 Å². The van der Waals surface area contributed by atoms with Gasteiger partial charge in [-0.1, -0.05) is 67.6 Å². The largest absolute Gasteiger partial charge is 0.394 e. The number of ketones is 1. The Morgan fingerprint density at radius 1 is 1.04 bits per heavy atom. The van der Waals surface area contributed by atoms with Gasteiger partial charge in [0.1, 0.15) is 5.78 Å². The summed E-state index contributed by atoms with van der Waals surface area (Å²) < 4.78 is 0. The molecule has 0 aliphatic rings. The monoisotopic (exact) mass is 400 g/mol. The normalized spacial score (nSPS) is 15.6. The van der Waals surface area contributed by atoms with Crippen LogP contribution in [0.25, 0.3) is 0 Å². The molecule has 3 unspecified atom stereocenters. The molecule has 0 amide bonds. The molecule has 0 saturated carbocycles. The number of aliphatic hydroxyl groups is 2. The van der Waals surface area contributed by atoms with Crippen molar-refractivity contribution in [3.05, 3.63) is 71.8 Å². The first-order valence-corrected chi connectivity index (χ1v) is 11.1. The second kappa shape index (κ2) is 11.4. The lowest BCUT2D eigenvalue weighted by atomic mass is 9.71. The molecular weight excluding hydrogens is 368 g/mol. The Morgan fingerprint density at radius 2 is 1.64 bits per heavy atom. The van der Waals surface area contributed by atoms with Crippen LogP contribution in [0.3, 0.4) is 0 Å². The molecule has 3 nitrogen and oxygen atoms in total. The van der Waals surface area contributed by atoms with Gasteiger partial charge in [-0.3, -0.25) is 0 Å². The van der Waals surface area contributed by atoms with E-state index in [1.54, 1.807) is 18.7 Å². The second-order valence-electron chi connectivity index (χ2n) is 7.81. The number of carbonyl (C=O) groups excluding carboxylic acids is 1. The summed E-state index contributed by atoms with van der Waals surface area (Å²) in [4.78, 5) is 11.7. The van der Waals surface area contributed by atoms with Crippen molar-refractivity contribution < 1.29 is 15.0 Å². The van der Waals surface area contributed by atoms with Gasteiger partial charge in [-0.25, -0.2) is 0 Å². The minimum absolute atomic E-state index is 0.108. The van der Waals surface area contributed by atoms with Crippen molar-refractivity contribution in [2.24, 2.45) is 0 Å². The predicted molar refractivity (Wildman–Crippen MR) is 118 cm³/mol. The standard InChI is InChI=1S/C24H32O3S/c1-19(26)13-14-24(2,22-11-7-4-8-12-22)15-21(17-28-18-23(27)16-25)20-9-5-3-6-10-20/h3-12,21,23,25,27H,13-18H2,1-2H3. The van der Waals surface area contributed by atoms with E-state index in [9.17, 15) is 9.90 Å². The van der Waals surface area contributed by atoms with E-state index in [0.717, 1.165) is 18.6 Å². The van der Waals surface area contributed by atoms with Crippen molar-refractivity contribution in [2.75, 3.05) is 18.1 Å². The summed E-state index contributed by atoms with van der Waals surface area (Å²) in [5, 5.41) is 18.8. The predicted octanol–water partition coefficient (Wildman–Crippen LogP) is 4.57. The summed E-state index contributed by atoms with van der Waals surface area (Å²) in [6, 6.07) is 20.9. The Balaban J connectivity index is 2.24. The van der Waals surface area contributed by atoms with E-state index in [4.69, 9.17) is 5.11 Å². The van der Waals surface area contributed by atoms with Gasteiger partial charge < -0.3 is 15.0 Å². The number of aliphatic hydroxyl groups excluding tert-OH is 2. The molecule has 0 fully saturated rings. The van der Waals surface area contributed by atoms with Crippen LogP contribution < -0.4 is 0 Å². The van der Waals surface area contributed by atoms with E-state index in [2.05, 4.69) is 55.5 Å². The van der Waals surface area contributed by atoms with Crippen LogP contribution in [0.15, 0.2) is 60.7 Å². The van der Waals surface area contributed by atoms with Crippen LogP contribution in [0.4, 0.5) is 0 Å². The zero-order valence-electron chi connectivity index (χ0n) is 16.9. The number of hydrogen-bond donors (Lipinski definition) is 2. The first kappa shape index (κ1) is 22.7. The molecular formula is C24H32O3S. The summed E-state index contributed by atoms with van der Waals surface area (Å²) in [7, 11) is 0. The van der Waals surface area contributed by atoms with Crippen molar-refractivity contribution >= 4 is 17.5 Å². The third kappa shape index (κ3) is 7.08. The minimum Gasteiger partial charge on any atom is -0.394 e. The van der Waals surface area contributed by atoms with Gasteiger partial charge in [0.2, 0.25) is 0 Å². The number of rotatable bonds is 12. The highest BCUT2D eigenvalue weighted by Gasteiger charge is 2.31. The molecule has 2 aromatic carbocycles. The number of benzene rings is 2. The van der Waals surface area contributed by atoms with Crippen molar-refractivity contribution in [3.8, 4) is 0 Å². The summed E-state index contributed by atoms with van der Waals surface area (Å²) >= 11 is 1.67. The lowest BCUT2D eigenvalue weighted by Gasteiger charge is -2.34. The van der Waals surface area contributed by atoms with Gasteiger partial charge in [0.25, 0.3) is 0 Å². The second-order valence-corrected chi connectivity index (χ2v) is 8.89. The fraction of sp³-hybridized carbons (Fsp3) is 0.458. The van der Waals surface area contributed by atoms with Crippen LogP contribution in [0.5, 0.6) is 0 Å². The molecule has 0 spiro atoms.